The van der Waals surface area contributed by atoms with Gasteiger partial charge in [0.05, 0.1) is 43.1 Å². The number of fused-ring (bicyclic) bond motifs is 2. The highest BCUT2D eigenvalue weighted by molar-refractivity contribution is 6.06. The van der Waals surface area contributed by atoms with Gasteiger partial charge in [-0.3, -0.25) is 24.8 Å². The molecular formula is C47H56F2N10O5. The number of hydrogen-bond donors (Lipinski definition) is 2. The van der Waals surface area contributed by atoms with Gasteiger partial charge in [-0.1, -0.05) is 12.1 Å². The molecule has 5 aliphatic rings. The Bertz CT molecular complexity index is 2440. The predicted octanol–water partition coefficient (Wildman–Crippen LogP) is 7.47. The van der Waals surface area contributed by atoms with Crippen molar-refractivity contribution in [1.82, 2.24) is 25.2 Å². The number of pyridine rings is 1. The Morgan fingerprint density at radius 2 is 1.69 bits per heavy atom. The third-order valence-corrected chi connectivity index (χ3v) is 13.0. The molecule has 17 heteroatoms. The minimum absolute atomic E-state index is 0.0797. The molecule has 4 aromatic rings. The van der Waals surface area contributed by atoms with Crippen LogP contribution in [-0.2, 0) is 22.5 Å². The van der Waals surface area contributed by atoms with Crippen molar-refractivity contribution >= 4 is 52.4 Å². The molecule has 0 radical (unpaired) electrons. The zero-order valence-electron chi connectivity index (χ0n) is 37.1. The summed E-state index contributed by atoms with van der Waals surface area (Å²) in [5, 5.41) is 5.66. The van der Waals surface area contributed by atoms with Gasteiger partial charge in [-0.15, -0.1) is 0 Å². The molecule has 9 rings (SSSR count). The van der Waals surface area contributed by atoms with E-state index in [0.717, 1.165) is 71.8 Å². The summed E-state index contributed by atoms with van der Waals surface area (Å²) < 4.78 is 43.5. The first-order valence-corrected chi connectivity index (χ1v) is 22.3. The molecule has 0 spiro atoms. The van der Waals surface area contributed by atoms with Crippen LogP contribution in [0.25, 0.3) is 0 Å². The number of anilines is 6. The highest BCUT2D eigenvalue weighted by Crippen LogP contribution is 2.43. The molecule has 0 saturated carbocycles. The van der Waals surface area contributed by atoms with Crippen LogP contribution in [0, 0.1) is 13.8 Å². The molecular weight excluding hydrogens is 823 g/mol. The van der Waals surface area contributed by atoms with Gasteiger partial charge in [-0.2, -0.15) is 0 Å². The van der Waals surface area contributed by atoms with Crippen molar-refractivity contribution in [2.24, 2.45) is 0 Å². The number of urea groups is 1. The molecule has 338 valence electrons. The maximum atomic E-state index is 16.0. The second-order valence-electron chi connectivity index (χ2n) is 18.5. The zero-order valence-corrected chi connectivity index (χ0v) is 37.1. The summed E-state index contributed by atoms with van der Waals surface area (Å²) in [7, 11) is 0. The number of ether oxygens (including phenoxy) is 2. The number of rotatable bonds is 7. The summed E-state index contributed by atoms with van der Waals surface area (Å²) in [4.78, 5) is 60.9. The Morgan fingerprint density at radius 3 is 2.41 bits per heavy atom. The van der Waals surface area contributed by atoms with Gasteiger partial charge in [0, 0.05) is 67.5 Å². The lowest BCUT2D eigenvalue weighted by Crippen LogP contribution is -2.54. The number of aromatic nitrogens is 3. The number of piperidine rings is 2. The van der Waals surface area contributed by atoms with Crippen molar-refractivity contribution in [3.05, 3.63) is 82.8 Å². The van der Waals surface area contributed by atoms with Gasteiger partial charge in [0.25, 0.3) is 5.92 Å². The highest BCUT2D eigenvalue weighted by atomic mass is 19.3. The number of amides is 4. The summed E-state index contributed by atoms with van der Waals surface area (Å²) in [6, 6.07) is 12.9. The number of alkyl halides is 2. The lowest BCUT2D eigenvalue weighted by Gasteiger charge is -2.45. The molecule has 1 atom stereocenters. The SMILES string of the molecule is Cc1cc(N2CCC(N3CCC(c4ccc(Nc5ncc6c(n5)CN(c5cnc7c(c5C)N(C(=O)OC(C)(C)C)CCO7)CC6)cc4)C(F)(F)C3)CC2)ccc1N1CCC(=O)NC1=O. The third kappa shape index (κ3) is 8.86. The van der Waals surface area contributed by atoms with E-state index in [-0.39, 0.29) is 24.9 Å². The minimum atomic E-state index is -2.89. The van der Waals surface area contributed by atoms with Gasteiger partial charge < -0.3 is 24.6 Å². The molecule has 2 aromatic heterocycles. The molecule has 7 heterocycles. The Labute approximate surface area is 372 Å². The van der Waals surface area contributed by atoms with E-state index in [1.54, 1.807) is 28.1 Å². The number of likely N-dealkylation sites (tertiary alicyclic amines) is 1. The number of aryl methyl sites for hydroxylation is 1. The summed E-state index contributed by atoms with van der Waals surface area (Å²) in [5.41, 5.74) is 7.71. The van der Waals surface area contributed by atoms with Crippen LogP contribution in [0.15, 0.2) is 54.9 Å². The van der Waals surface area contributed by atoms with Crippen LogP contribution in [-0.4, -0.2) is 108 Å². The number of halogens is 2. The number of carbonyl (C=O) groups excluding carboxylic acids is 3. The zero-order chi connectivity index (χ0) is 44.9. The molecule has 64 heavy (non-hydrogen) atoms. The Hall–Kier alpha value is -6.10. The number of nitrogens with one attached hydrogen (secondary N) is 2. The smallest absolute Gasteiger partial charge is 0.415 e. The molecule has 3 fully saturated rings. The van der Waals surface area contributed by atoms with Gasteiger partial charge in [-0.05, 0) is 114 Å². The average Bonchev–Trinajstić information content (AvgIpc) is 3.26. The molecule has 0 aliphatic carbocycles. The van der Waals surface area contributed by atoms with Gasteiger partial charge in [0.2, 0.25) is 17.7 Å². The van der Waals surface area contributed by atoms with Gasteiger partial charge in [0.1, 0.15) is 17.9 Å². The summed E-state index contributed by atoms with van der Waals surface area (Å²) >= 11 is 0. The monoisotopic (exact) mass is 878 g/mol. The van der Waals surface area contributed by atoms with E-state index < -0.39 is 29.6 Å². The predicted molar refractivity (Wildman–Crippen MR) is 240 cm³/mol. The van der Waals surface area contributed by atoms with Gasteiger partial charge in [0.15, 0.2) is 0 Å². The quantitative estimate of drug-likeness (QED) is 0.190. The van der Waals surface area contributed by atoms with E-state index in [1.165, 1.54) is 0 Å². The Kier molecular flexibility index (Phi) is 11.5. The normalized spacial score (nSPS) is 20.6. The average molecular weight is 879 g/mol. The first-order chi connectivity index (χ1) is 30.6. The first kappa shape index (κ1) is 43.2. The van der Waals surface area contributed by atoms with Crippen molar-refractivity contribution in [3.8, 4) is 5.88 Å². The first-order valence-electron chi connectivity index (χ1n) is 22.3. The minimum Gasteiger partial charge on any atom is -0.474 e. The lowest BCUT2D eigenvalue weighted by molar-refractivity contribution is -0.120. The van der Waals surface area contributed by atoms with Gasteiger partial charge >= 0.3 is 12.1 Å². The molecule has 4 amide bonds. The van der Waals surface area contributed by atoms with Crippen LogP contribution in [0.3, 0.4) is 0 Å². The fraction of sp³-hybridized carbons (Fsp3) is 0.489. The second-order valence-corrected chi connectivity index (χ2v) is 18.5. The fourth-order valence-corrected chi connectivity index (χ4v) is 9.75. The van der Waals surface area contributed by atoms with E-state index in [0.29, 0.717) is 74.5 Å². The molecule has 0 bridgehead atoms. The van der Waals surface area contributed by atoms with Crippen molar-refractivity contribution < 1.29 is 32.6 Å². The van der Waals surface area contributed by atoms with Crippen molar-refractivity contribution in [1.29, 1.82) is 0 Å². The van der Waals surface area contributed by atoms with Crippen molar-refractivity contribution in [2.45, 2.75) is 96.8 Å². The van der Waals surface area contributed by atoms with E-state index in [4.69, 9.17) is 14.5 Å². The van der Waals surface area contributed by atoms with Crippen LogP contribution in [0.4, 0.5) is 52.8 Å². The Balaban J connectivity index is 0.796. The third-order valence-electron chi connectivity index (χ3n) is 13.0. The Morgan fingerprint density at radius 1 is 0.906 bits per heavy atom. The van der Waals surface area contributed by atoms with Crippen molar-refractivity contribution in [2.75, 3.05) is 77.3 Å². The topological polar surface area (TPSA) is 149 Å². The number of nitrogens with zero attached hydrogens (tertiary/aromatic N) is 8. The van der Waals surface area contributed by atoms with Crippen LogP contribution < -0.4 is 35.0 Å². The summed E-state index contributed by atoms with van der Waals surface area (Å²) in [5.74, 6) is -3.21. The van der Waals surface area contributed by atoms with E-state index in [1.807, 2.05) is 70.0 Å². The number of imide groups is 1. The highest BCUT2D eigenvalue weighted by Gasteiger charge is 2.47. The van der Waals surface area contributed by atoms with Crippen LogP contribution in [0.2, 0.25) is 0 Å². The van der Waals surface area contributed by atoms with Gasteiger partial charge in [-0.25, -0.2) is 33.3 Å². The van der Waals surface area contributed by atoms with Crippen LogP contribution >= 0.6 is 0 Å². The van der Waals surface area contributed by atoms with Crippen LogP contribution in [0.5, 0.6) is 5.88 Å². The lowest BCUT2D eigenvalue weighted by atomic mass is 9.85. The largest absolute Gasteiger partial charge is 0.474 e. The van der Waals surface area contributed by atoms with E-state index in [9.17, 15) is 14.4 Å². The molecule has 5 aliphatic heterocycles. The molecule has 2 aromatic carbocycles. The maximum absolute atomic E-state index is 16.0. The van der Waals surface area contributed by atoms with E-state index in [2.05, 4.69) is 36.5 Å². The second kappa shape index (κ2) is 17.1. The standard InChI is InChI=1S/C47H56F2N10O5/c1-29-24-35(10-11-38(29)58-21-16-40(60)54-44(58)61)55-18-13-34(14-19-55)57-20-15-36(47(48,49)28-57)31-6-8-33(9-7-31)52-43-51-25-32-12-17-56(27-37(32)53-43)39-26-50-42-41(30(39)2)59(22-23-63-42)45(62)64-46(3,4)5/h6-11,24-26,34,36H,12-23,27-28H2,1-5H3,(H,51,52,53)(H,54,60,61). The summed E-state index contributed by atoms with van der Waals surface area (Å²) in [6.45, 7) is 13.6. The number of hydrogen-bond acceptors (Lipinski definition) is 12. The van der Waals surface area contributed by atoms with Crippen LogP contribution in [0.1, 0.15) is 80.3 Å². The fourth-order valence-electron chi connectivity index (χ4n) is 9.75. The number of carbonyl (C=O) groups is 3. The number of benzene rings is 2. The molecule has 1 unspecified atom stereocenters. The van der Waals surface area contributed by atoms with E-state index >= 15 is 8.78 Å². The summed E-state index contributed by atoms with van der Waals surface area (Å²) in [6.07, 6.45) is 6.12. The maximum Gasteiger partial charge on any atom is 0.415 e. The molecule has 3 saturated heterocycles. The molecule has 2 N–H and O–H groups in total. The van der Waals surface area contributed by atoms with Crippen molar-refractivity contribution in [3.63, 3.8) is 0 Å². The molecule has 15 nitrogen and oxygen atoms in total.